The van der Waals surface area contributed by atoms with Gasteiger partial charge in [-0.2, -0.15) is 0 Å². The largest absolute Gasteiger partial charge is 0.491 e. The molecule has 1 aliphatic heterocycles. The summed E-state index contributed by atoms with van der Waals surface area (Å²) >= 11 is 1.75. The fourth-order valence-electron chi connectivity index (χ4n) is 5.04. The van der Waals surface area contributed by atoms with Gasteiger partial charge in [0.15, 0.2) is 0 Å². The number of fused-ring (bicyclic) bond motifs is 1. The second kappa shape index (κ2) is 10.1. The molecule has 2 aromatic rings. The number of amides is 2. The van der Waals surface area contributed by atoms with Crippen molar-refractivity contribution in [3.63, 3.8) is 0 Å². The summed E-state index contributed by atoms with van der Waals surface area (Å²) in [6.07, 6.45) is 5.01. The lowest BCUT2D eigenvalue weighted by Gasteiger charge is -2.37. The van der Waals surface area contributed by atoms with Gasteiger partial charge in [-0.3, -0.25) is 9.59 Å². The molecule has 2 heterocycles. The molecule has 1 aliphatic carbocycles. The van der Waals surface area contributed by atoms with Gasteiger partial charge in [-0.15, -0.1) is 11.3 Å². The SMILES string of the molecule is CCN(CC(=O)N1CCc2sccc2[C@@H]1COc1ccc(C)cc1C)C(=O)C1CCCC1. The third-order valence-corrected chi connectivity index (χ3v) is 7.86. The second-order valence-corrected chi connectivity index (χ2v) is 10.1. The molecular weight excluding hydrogens is 420 g/mol. The number of aryl methyl sites for hydroxylation is 2. The van der Waals surface area contributed by atoms with E-state index in [0.717, 1.165) is 43.4 Å². The lowest BCUT2D eigenvalue weighted by atomic mass is 10.00. The minimum Gasteiger partial charge on any atom is -0.491 e. The van der Waals surface area contributed by atoms with E-state index in [4.69, 9.17) is 4.74 Å². The number of hydrogen-bond acceptors (Lipinski definition) is 4. The van der Waals surface area contributed by atoms with E-state index in [0.29, 0.717) is 19.7 Å². The number of benzene rings is 1. The van der Waals surface area contributed by atoms with Crippen LogP contribution >= 0.6 is 11.3 Å². The van der Waals surface area contributed by atoms with Crippen LogP contribution in [0.2, 0.25) is 0 Å². The molecule has 6 heteroatoms. The van der Waals surface area contributed by atoms with Gasteiger partial charge >= 0.3 is 0 Å². The van der Waals surface area contributed by atoms with Crippen LogP contribution in [0.25, 0.3) is 0 Å². The highest BCUT2D eigenvalue weighted by Gasteiger charge is 2.34. The van der Waals surface area contributed by atoms with Crippen LogP contribution in [0.5, 0.6) is 5.75 Å². The summed E-state index contributed by atoms with van der Waals surface area (Å²) in [7, 11) is 0. The van der Waals surface area contributed by atoms with Gasteiger partial charge in [-0.05, 0) is 68.7 Å². The maximum absolute atomic E-state index is 13.4. The van der Waals surface area contributed by atoms with Gasteiger partial charge in [0.05, 0.1) is 12.6 Å². The fraction of sp³-hybridized carbons (Fsp3) is 0.538. The van der Waals surface area contributed by atoms with Crippen molar-refractivity contribution in [1.82, 2.24) is 9.80 Å². The van der Waals surface area contributed by atoms with Crippen molar-refractivity contribution in [3.05, 3.63) is 51.2 Å². The first-order chi connectivity index (χ1) is 15.5. The van der Waals surface area contributed by atoms with E-state index in [-0.39, 0.29) is 30.3 Å². The maximum Gasteiger partial charge on any atom is 0.242 e. The summed E-state index contributed by atoms with van der Waals surface area (Å²) in [6.45, 7) is 7.91. The highest BCUT2D eigenvalue weighted by Crippen LogP contribution is 2.34. The van der Waals surface area contributed by atoms with Crippen LogP contribution in [0.1, 0.15) is 60.2 Å². The van der Waals surface area contributed by atoms with Crippen molar-refractivity contribution >= 4 is 23.2 Å². The molecule has 1 atom stereocenters. The zero-order valence-electron chi connectivity index (χ0n) is 19.4. The smallest absolute Gasteiger partial charge is 0.242 e. The summed E-state index contributed by atoms with van der Waals surface area (Å²) in [5.41, 5.74) is 3.49. The van der Waals surface area contributed by atoms with E-state index in [1.54, 1.807) is 16.2 Å². The van der Waals surface area contributed by atoms with Crippen LogP contribution in [0, 0.1) is 19.8 Å². The van der Waals surface area contributed by atoms with Crippen molar-refractivity contribution in [2.75, 3.05) is 26.2 Å². The molecule has 32 heavy (non-hydrogen) atoms. The Balaban J connectivity index is 1.49. The maximum atomic E-state index is 13.4. The zero-order chi connectivity index (χ0) is 22.7. The Hall–Kier alpha value is -2.34. The number of carbonyl (C=O) groups excluding carboxylic acids is 2. The van der Waals surface area contributed by atoms with Crippen LogP contribution < -0.4 is 4.74 Å². The van der Waals surface area contributed by atoms with Crippen molar-refractivity contribution in [1.29, 1.82) is 0 Å². The third kappa shape index (κ3) is 4.85. The van der Waals surface area contributed by atoms with Crippen molar-refractivity contribution in [3.8, 4) is 5.75 Å². The molecule has 1 saturated carbocycles. The molecule has 2 amide bonds. The Labute approximate surface area is 195 Å². The Bertz CT molecular complexity index is 964. The summed E-state index contributed by atoms with van der Waals surface area (Å²) in [5.74, 6) is 1.12. The van der Waals surface area contributed by atoms with Gasteiger partial charge in [-0.25, -0.2) is 0 Å². The molecule has 0 N–H and O–H groups in total. The number of ether oxygens (including phenoxy) is 1. The first kappa shape index (κ1) is 22.8. The highest BCUT2D eigenvalue weighted by atomic mass is 32.1. The monoisotopic (exact) mass is 454 g/mol. The molecule has 5 nitrogen and oxygen atoms in total. The highest BCUT2D eigenvalue weighted by molar-refractivity contribution is 7.10. The topological polar surface area (TPSA) is 49.9 Å². The Morgan fingerprint density at radius 1 is 1.19 bits per heavy atom. The molecule has 0 radical (unpaired) electrons. The summed E-state index contributed by atoms with van der Waals surface area (Å²) in [5, 5.41) is 2.10. The van der Waals surface area contributed by atoms with E-state index in [1.807, 2.05) is 17.9 Å². The number of hydrogen-bond donors (Lipinski definition) is 0. The summed E-state index contributed by atoms with van der Waals surface area (Å²) < 4.78 is 6.23. The van der Waals surface area contributed by atoms with Crippen molar-refractivity contribution in [2.24, 2.45) is 5.92 Å². The van der Waals surface area contributed by atoms with Crippen LogP contribution in [0.15, 0.2) is 29.6 Å². The second-order valence-electron chi connectivity index (χ2n) is 9.07. The van der Waals surface area contributed by atoms with Crippen molar-refractivity contribution in [2.45, 2.75) is 58.9 Å². The summed E-state index contributed by atoms with van der Waals surface area (Å²) in [6, 6.07) is 8.17. The molecule has 0 unspecified atom stereocenters. The molecule has 172 valence electrons. The lowest BCUT2D eigenvalue weighted by Crippen LogP contribution is -2.48. The number of nitrogens with zero attached hydrogens (tertiary/aromatic N) is 2. The average molecular weight is 455 g/mol. The molecular formula is C26H34N2O3S. The zero-order valence-corrected chi connectivity index (χ0v) is 20.2. The molecule has 0 bridgehead atoms. The van der Waals surface area contributed by atoms with Gasteiger partial charge in [-0.1, -0.05) is 30.5 Å². The van der Waals surface area contributed by atoms with E-state index < -0.39 is 0 Å². The van der Waals surface area contributed by atoms with Gasteiger partial charge < -0.3 is 14.5 Å². The Kier molecular flexibility index (Phi) is 7.19. The van der Waals surface area contributed by atoms with Gasteiger partial charge in [0.25, 0.3) is 0 Å². The number of thiophene rings is 1. The molecule has 0 spiro atoms. The van der Waals surface area contributed by atoms with Crippen LogP contribution in [0.4, 0.5) is 0 Å². The molecule has 0 saturated heterocycles. The van der Waals surface area contributed by atoms with E-state index in [2.05, 4.69) is 37.4 Å². The first-order valence-electron chi connectivity index (χ1n) is 11.8. The summed E-state index contributed by atoms with van der Waals surface area (Å²) in [4.78, 5) is 31.4. The first-order valence-corrected chi connectivity index (χ1v) is 12.7. The van der Waals surface area contributed by atoms with E-state index in [1.165, 1.54) is 16.0 Å². The average Bonchev–Trinajstić information content (AvgIpc) is 3.48. The quantitative estimate of drug-likeness (QED) is 0.597. The van der Waals surface area contributed by atoms with Crippen molar-refractivity contribution < 1.29 is 14.3 Å². The molecule has 2 aliphatic rings. The van der Waals surface area contributed by atoms with Crippen LogP contribution in [-0.2, 0) is 16.0 Å². The predicted molar refractivity (Wildman–Crippen MR) is 128 cm³/mol. The number of carbonyl (C=O) groups is 2. The molecule has 1 aromatic carbocycles. The fourth-order valence-corrected chi connectivity index (χ4v) is 5.96. The standard InChI is InChI=1S/C26H34N2O3S/c1-4-27(26(30)20-7-5-6-8-20)16-25(29)28-13-11-24-21(12-14-32-24)22(28)17-31-23-10-9-18(2)15-19(23)3/h9-10,12,14-15,20,22H,4-8,11,13,16-17H2,1-3H3/t22-/m0/s1. The Morgan fingerprint density at radius 3 is 2.69 bits per heavy atom. The van der Waals surface area contributed by atoms with E-state index >= 15 is 0 Å². The van der Waals surface area contributed by atoms with Gasteiger partial charge in [0.2, 0.25) is 11.8 Å². The third-order valence-electron chi connectivity index (χ3n) is 6.87. The van der Waals surface area contributed by atoms with Crippen LogP contribution in [-0.4, -0.2) is 47.9 Å². The molecule has 1 aromatic heterocycles. The van der Waals surface area contributed by atoms with E-state index in [9.17, 15) is 9.59 Å². The van der Waals surface area contributed by atoms with Gasteiger partial charge in [0.1, 0.15) is 12.4 Å². The predicted octanol–water partition coefficient (Wildman–Crippen LogP) is 4.91. The number of likely N-dealkylation sites (N-methyl/N-ethyl adjacent to an activating group) is 1. The molecule has 1 fully saturated rings. The minimum atomic E-state index is -0.126. The normalized spacial score (nSPS) is 18.5. The molecule has 4 rings (SSSR count). The Morgan fingerprint density at radius 2 is 1.97 bits per heavy atom. The minimum absolute atomic E-state index is 0.0178. The van der Waals surface area contributed by atoms with Gasteiger partial charge in [0, 0.05) is 23.9 Å². The number of rotatable bonds is 7. The van der Waals surface area contributed by atoms with Crippen LogP contribution in [0.3, 0.4) is 0 Å². The lowest BCUT2D eigenvalue weighted by molar-refractivity contribution is -0.144.